The Balaban J connectivity index is 2.08. The van der Waals surface area contributed by atoms with Crippen LogP contribution in [0.4, 0.5) is 0 Å². The Morgan fingerprint density at radius 3 is 2.70 bits per heavy atom. The molecule has 0 aromatic heterocycles. The lowest BCUT2D eigenvalue weighted by molar-refractivity contribution is -0.128. The predicted octanol–water partition coefficient (Wildman–Crippen LogP) is 2.69. The molecule has 1 aromatic carbocycles. The van der Waals surface area contributed by atoms with Crippen LogP contribution in [0.1, 0.15) is 37.8 Å². The van der Waals surface area contributed by atoms with E-state index in [0.29, 0.717) is 0 Å². The lowest BCUT2D eigenvalue weighted by Gasteiger charge is -2.34. The number of aryl methyl sites for hydroxylation is 1. The van der Waals surface area contributed by atoms with Crippen LogP contribution in [0, 0.1) is 12.8 Å². The summed E-state index contributed by atoms with van der Waals surface area (Å²) in [4.78, 5) is 14.8. The summed E-state index contributed by atoms with van der Waals surface area (Å²) >= 11 is 0. The van der Waals surface area contributed by atoms with Gasteiger partial charge >= 0.3 is 0 Å². The van der Waals surface area contributed by atoms with Gasteiger partial charge in [-0.1, -0.05) is 24.3 Å². The van der Waals surface area contributed by atoms with Crippen LogP contribution in [0.5, 0.6) is 0 Å². The number of rotatable bonds is 3. The molecule has 1 saturated heterocycles. The van der Waals surface area contributed by atoms with E-state index in [1.807, 2.05) is 12.1 Å². The van der Waals surface area contributed by atoms with Gasteiger partial charge in [-0.3, -0.25) is 4.79 Å². The van der Waals surface area contributed by atoms with E-state index < -0.39 is 0 Å². The Hall–Kier alpha value is -1.35. The molecule has 3 heteroatoms. The van der Waals surface area contributed by atoms with E-state index in [1.54, 1.807) is 0 Å². The molecule has 0 radical (unpaired) electrons. The number of carbonyl (C=O) groups excluding carboxylic acids is 1. The van der Waals surface area contributed by atoms with Crippen molar-refractivity contribution in [1.29, 1.82) is 0 Å². The average molecular weight is 274 g/mol. The Kier molecular flexibility index (Phi) is 4.48. The third kappa shape index (κ3) is 3.40. The highest BCUT2D eigenvalue weighted by atomic mass is 16.2. The maximum atomic E-state index is 12.5. The molecule has 1 aliphatic heterocycles. The summed E-state index contributed by atoms with van der Waals surface area (Å²) in [6.07, 6.45) is 2.11. The fraction of sp³-hybridized carbons (Fsp3) is 0.588. The number of nitrogens with zero attached hydrogens (tertiary/aromatic N) is 1. The highest BCUT2D eigenvalue weighted by molar-refractivity contribution is 5.80. The number of amides is 1. The number of hydrogen-bond acceptors (Lipinski definition) is 2. The van der Waals surface area contributed by atoms with Crippen LogP contribution >= 0.6 is 0 Å². The van der Waals surface area contributed by atoms with Gasteiger partial charge in [-0.15, -0.1) is 0 Å². The third-order valence-electron chi connectivity index (χ3n) is 4.25. The van der Waals surface area contributed by atoms with Gasteiger partial charge in [0.05, 0.1) is 11.5 Å². The van der Waals surface area contributed by atoms with Gasteiger partial charge in [0.15, 0.2) is 0 Å². The minimum Gasteiger partial charge on any atom is -0.347 e. The Morgan fingerprint density at radius 2 is 2.05 bits per heavy atom. The van der Waals surface area contributed by atoms with Crippen molar-refractivity contribution in [2.24, 2.45) is 5.92 Å². The highest BCUT2D eigenvalue weighted by Gasteiger charge is 2.30. The number of hydrogen-bond donors (Lipinski definition) is 1. The van der Waals surface area contributed by atoms with Crippen LogP contribution in [-0.4, -0.2) is 30.9 Å². The molecule has 3 nitrogen and oxygen atoms in total. The van der Waals surface area contributed by atoms with Gasteiger partial charge in [-0.05, 0) is 58.3 Å². The molecule has 1 amide bonds. The molecule has 1 unspecified atom stereocenters. The Bertz CT molecular complexity index is 482. The van der Waals surface area contributed by atoms with Gasteiger partial charge in [0.1, 0.15) is 0 Å². The molecule has 0 saturated carbocycles. The smallest absolute Gasteiger partial charge is 0.225 e. The van der Waals surface area contributed by atoms with Crippen LogP contribution < -0.4 is 5.32 Å². The fourth-order valence-corrected chi connectivity index (χ4v) is 3.13. The summed E-state index contributed by atoms with van der Waals surface area (Å²) in [6, 6.07) is 8.26. The van der Waals surface area contributed by atoms with Crippen molar-refractivity contribution >= 4 is 5.91 Å². The van der Waals surface area contributed by atoms with E-state index in [2.05, 4.69) is 50.2 Å². The maximum Gasteiger partial charge on any atom is 0.225 e. The summed E-state index contributed by atoms with van der Waals surface area (Å²) in [7, 11) is 2.09. The number of piperidine rings is 1. The van der Waals surface area contributed by atoms with Gasteiger partial charge in [-0.2, -0.15) is 0 Å². The van der Waals surface area contributed by atoms with Crippen LogP contribution in [0.15, 0.2) is 24.3 Å². The van der Waals surface area contributed by atoms with Crippen LogP contribution in [0.3, 0.4) is 0 Å². The largest absolute Gasteiger partial charge is 0.347 e. The summed E-state index contributed by atoms with van der Waals surface area (Å²) in [5, 5.41) is 3.24. The van der Waals surface area contributed by atoms with Crippen molar-refractivity contribution in [3.8, 4) is 0 Å². The zero-order valence-electron chi connectivity index (χ0n) is 13.1. The van der Waals surface area contributed by atoms with Crippen LogP contribution in [-0.2, 0) is 10.3 Å². The SMILES string of the molecule is Cc1ccccc1C(C)(C)NC(=O)C1CCCN(C)C1. The molecule has 0 spiro atoms. The molecule has 1 atom stereocenters. The van der Waals surface area contributed by atoms with E-state index >= 15 is 0 Å². The minimum atomic E-state index is -0.321. The molecule has 1 aromatic rings. The van der Waals surface area contributed by atoms with E-state index in [-0.39, 0.29) is 17.4 Å². The van der Waals surface area contributed by atoms with Crippen molar-refractivity contribution in [2.45, 2.75) is 39.2 Å². The number of likely N-dealkylation sites (tertiary alicyclic amines) is 1. The monoisotopic (exact) mass is 274 g/mol. The first-order valence-corrected chi connectivity index (χ1v) is 7.47. The minimum absolute atomic E-state index is 0.122. The van der Waals surface area contributed by atoms with Gasteiger partial charge in [0, 0.05) is 6.54 Å². The Morgan fingerprint density at radius 1 is 1.35 bits per heavy atom. The third-order valence-corrected chi connectivity index (χ3v) is 4.25. The molecule has 0 bridgehead atoms. The first kappa shape index (κ1) is 15.0. The topological polar surface area (TPSA) is 32.3 Å². The second kappa shape index (κ2) is 5.96. The molecule has 1 fully saturated rings. The zero-order valence-corrected chi connectivity index (χ0v) is 13.1. The Labute approximate surface area is 122 Å². The van der Waals surface area contributed by atoms with Gasteiger partial charge in [-0.25, -0.2) is 0 Å². The van der Waals surface area contributed by atoms with Crippen molar-refractivity contribution in [3.63, 3.8) is 0 Å². The summed E-state index contributed by atoms with van der Waals surface area (Å²) in [5.41, 5.74) is 2.09. The van der Waals surface area contributed by atoms with Crippen molar-refractivity contribution in [2.75, 3.05) is 20.1 Å². The first-order chi connectivity index (χ1) is 9.40. The molecule has 1 aliphatic rings. The van der Waals surface area contributed by atoms with Crippen molar-refractivity contribution in [3.05, 3.63) is 35.4 Å². The molecule has 110 valence electrons. The normalized spacial score (nSPS) is 20.7. The zero-order chi connectivity index (χ0) is 14.8. The maximum absolute atomic E-state index is 12.5. The second-order valence-corrected chi connectivity index (χ2v) is 6.53. The van der Waals surface area contributed by atoms with E-state index in [0.717, 1.165) is 25.9 Å². The molecule has 20 heavy (non-hydrogen) atoms. The second-order valence-electron chi connectivity index (χ2n) is 6.53. The summed E-state index contributed by atoms with van der Waals surface area (Å²) in [5.74, 6) is 0.307. The highest BCUT2D eigenvalue weighted by Crippen LogP contribution is 2.25. The van der Waals surface area contributed by atoms with Gasteiger partial charge in [0.25, 0.3) is 0 Å². The standard InChI is InChI=1S/C17H26N2O/c1-13-8-5-6-10-15(13)17(2,3)18-16(20)14-9-7-11-19(4)12-14/h5-6,8,10,14H,7,9,11-12H2,1-4H3,(H,18,20). The van der Waals surface area contributed by atoms with E-state index in [4.69, 9.17) is 0 Å². The van der Waals surface area contributed by atoms with Crippen LogP contribution in [0.2, 0.25) is 0 Å². The quantitative estimate of drug-likeness (QED) is 0.919. The van der Waals surface area contributed by atoms with Gasteiger partial charge < -0.3 is 10.2 Å². The predicted molar refractivity (Wildman–Crippen MR) is 82.6 cm³/mol. The van der Waals surface area contributed by atoms with Crippen molar-refractivity contribution in [1.82, 2.24) is 10.2 Å². The summed E-state index contributed by atoms with van der Waals surface area (Å²) in [6.45, 7) is 8.23. The molecule has 0 aliphatic carbocycles. The summed E-state index contributed by atoms with van der Waals surface area (Å²) < 4.78 is 0. The van der Waals surface area contributed by atoms with E-state index in [1.165, 1.54) is 11.1 Å². The van der Waals surface area contributed by atoms with Crippen molar-refractivity contribution < 1.29 is 4.79 Å². The fourth-order valence-electron chi connectivity index (χ4n) is 3.13. The molecule has 1 heterocycles. The molecular formula is C17H26N2O. The molecule has 2 rings (SSSR count). The lowest BCUT2D eigenvalue weighted by atomic mass is 9.89. The molecular weight excluding hydrogens is 248 g/mol. The average Bonchev–Trinajstić information content (AvgIpc) is 2.38. The molecule has 1 N–H and O–H groups in total. The number of nitrogens with one attached hydrogen (secondary N) is 1. The number of carbonyl (C=O) groups is 1. The van der Waals surface area contributed by atoms with Crippen LogP contribution in [0.25, 0.3) is 0 Å². The first-order valence-electron chi connectivity index (χ1n) is 7.47. The van der Waals surface area contributed by atoms with E-state index in [9.17, 15) is 4.79 Å². The van der Waals surface area contributed by atoms with Gasteiger partial charge in [0.2, 0.25) is 5.91 Å². The number of benzene rings is 1. The lowest BCUT2D eigenvalue weighted by Crippen LogP contribution is -2.48.